The third-order valence-electron chi connectivity index (χ3n) is 2.89. The van der Waals surface area contributed by atoms with E-state index in [1.807, 2.05) is 0 Å². The number of aliphatic hydroxyl groups is 2. The molecule has 0 aliphatic heterocycles. The van der Waals surface area contributed by atoms with Crippen LogP contribution in [0.2, 0.25) is 0 Å². The zero-order valence-corrected chi connectivity index (χ0v) is 5.38. The molecule has 1 unspecified atom stereocenters. The number of rotatable bonds is 0. The number of aliphatic hydroxyl groups excluding tert-OH is 1. The van der Waals surface area contributed by atoms with Gasteiger partial charge in [0.2, 0.25) is 0 Å². The molecule has 52 valence electrons. The van der Waals surface area contributed by atoms with E-state index in [1.54, 1.807) is 0 Å². The molecule has 2 N–H and O–H groups in total. The van der Waals surface area contributed by atoms with Gasteiger partial charge in [0.1, 0.15) is 0 Å². The van der Waals surface area contributed by atoms with Crippen molar-refractivity contribution in [3.05, 3.63) is 0 Å². The normalized spacial score (nSPS) is 56.7. The SMILES string of the molecule is OC1C2CCC1(O)CC2. The van der Waals surface area contributed by atoms with Crippen LogP contribution in [0.25, 0.3) is 0 Å². The molecule has 0 amide bonds. The maximum Gasteiger partial charge on any atom is 0.0908 e. The number of fused-ring (bicyclic) bond motifs is 2. The van der Waals surface area contributed by atoms with Crippen molar-refractivity contribution in [3.8, 4) is 0 Å². The Kier molecular flexibility index (Phi) is 0.945. The first-order valence-corrected chi connectivity index (χ1v) is 3.63. The third-order valence-corrected chi connectivity index (χ3v) is 2.89. The second-order valence-electron chi connectivity index (χ2n) is 3.39. The molecule has 2 nitrogen and oxygen atoms in total. The van der Waals surface area contributed by atoms with E-state index in [2.05, 4.69) is 0 Å². The molecule has 0 heterocycles. The summed E-state index contributed by atoms with van der Waals surface area (Å²) in [6.45, 7) is 0. The lowest BCUT2D eigenvalue weighted by molar-refractivity contribution is -0.0408. The van der Waals surface area contributed by atoms with E-state index in [1.165, 1.54) is 0 Å². The van der Waals surface area contributed by atoms with Gasteiger partial charge in [0.15, 0.2) is 0 Å². The average Bonchev–Trinajstić information content (AvgIpc) is 2.24. The predicted octanol–water partition coefficient (Wildman–Crippen LogP) is 0.282. The average molecular weight is 128 g/mol. The van der Waals surface area contributed by atoms with Crippen molar-refractivity contribution < 1.29 is 10.2 Å². The Balaban J connectivity index is 2.26. The van der Waals surface area contributed by atoms with Crippen LogP contribution in [0.4, 0.5) is 0 Å². The van der Waals surface area contributed by atoms with E-state index in [9.17, 15) is 10.2 Å². The number of hydrogen-bond donors (Lipinski definition) is 2. The van der Waals surface area contributed by atoms with Crippen molar-refractivity contribution in [2.24, 2.45) is 5.92 Å². The molecule has 2 heteroatoms. The second kappa shape index (κ2) is 1.50. The summed E-state index contributed by atoms with van der Waals surface area (Å²) in [6, 6.07) is 0. The van der Waals surface area contributed by atoms with Gasteiger partial charge in [-0.2, -0.15) is 0 Å². The van der Waals surface area contributed by atoms with Crippen LogP contribution < -0.4 is 0 Å². The standard InChI is InChI=1S/C7H12O2/c8-6-5-1-3-7(6,9)4-2-5/h5-6,8-9H,1-4H2. The molecule has 2 rings (SSSR count). The Hall–Kier alpha value is -0.0800. The van der Waals surface area contributed by atoms with E-state index in [0.29, 0.717) is 5.92 Å². The van der Waals surface area contributed by atoms with Gasteiger partial charge in [-0.05, 0) is 31.6 Å². The minimum Gasteiger partial charge on any atom is -0.390 e. The summed E-state index contributed by atoms with van der Waals surface area (Å²) in [4.78, 5) is 0. The third kappa shape index (κ3) is 0.578. The molecule has 0 aromatic heterocycles. The first kappa shape index (κ1) is 5.69. The summed E-state index contributed by atoms with van der Waals surface area (Å²) in [5.41, 5.74) is -0.676. The van der Waals surface area contributed by atoms with Gasteiger partial charge in [-0.3, -0.25) is 0 Å². The highest BCUT2D eigenvalue weighted by molar-refractivity contribution is 5.03. The molecule has 0 aromatic rings. The fourth-order valence-corrected chi connectivity index (χ4v) is 2.19. The van der Waals surface area contributed by atoms with Crippen molar-refractivity contribution in [3.63, 3.8) is 0 Å². The van der Waals surface area contributed by atoms with Crippen molar-refractivity contribution in [1.82, 2.24) is 0 Å². The first-order chi connectivity index (χ1) is 4.22. The first-order valence-electron chi connectivity index (χ1n) is 3.63. The van der Waals surface area contributed by atoms with Crippen LogP contribution >= 0.6 is 0 Å². The Morgan fingerprint density at radius 2 is 1.78 bits per heavy atom. The van der Waals surface area contributed by atoms with Crippen LogP contribution in [0.15, 0.2) is 0 Å². The van der Waals surface area contributed by atoms with Crippen molar-refractivity contribution in [2.75, 3.05) is 0 Å². The van der Waals surface area contributed by atoms with Crippen LogP contribution in [0.5, 0.6) is 0 Å². The predicted molar refractivity (Wildman–Crippen MR) is 32.9 cm³/mol. The molecule has 2 aliphatic carbocycles. The molecule has 0 aromatic carbocycles. The smallest absolute Gasteiger partial charge is 0.0908 e. The summed E-state index contributed by atoms with van der Waals surface area (Å²) < 4.78 is 0. The zero-order valence-electron chi connectivity index (χ0n) is 5.38. The van der Waals surface area contributed by atoms with Crippen LogP contribution in [0, 0.1) is 5.92 Å². The second-order valence-corrected chi connectivity index (χ2v) is 3.39. The van der Waals surface area contributed by atoms with E-state index in [0.717, 1.165) is 25.7 Å². The molecule has 0 spiro atoms. The molecule has 2 bridgehead atoms. The molecule has 0 radical (unpaired) electrons. The molecule has 0 saturated heterocycles. The quantitative estimate of drug-likeness (QED) is 0.492. The lowest BCUT2D eigenvalue weighted by Crippen LogP contribution is -2.33. The molecule has 2 aliphatic rings. The van der Waals surface area contributed by atoms with Crippen molar-refractivity contribution >= 4 is 0 Å². The molecule has 2 saturated carbocycles. The van der Waals surface area contributed by atoms with E-state index in [4.69, 9.17) is 0 Å². The Morgan fingerprint density at radius 3 is 1.89 bits per heavy atom. The molecule has 9 heavy (non-hydrogen) atoms. The van der Waals surface area contributed by atoms with Gasteiger partial charge in [-0.25, -0.2) is 0 Å². The highest BCUT2D eigenvalue weighted by Crippen LogP contribution is 2.47. The maximum absolute atomic E-state index is 9.56. The summed E-state index contributed by atoms with van der Waals surface area (Å²) in [6.07, 6.45) is 3.28. The Bertz CT molecular complexity index is 125. The molecular weight excluding hydrogens is 116 g/mol. The highest BCUT2D eigenvalue weighted by atomic mass is 16.3. The van der Waals surface area contributed by atoms with E-state index < -0.39 is 11.7 Å². The van der Waals surface area contributed by atoms with Gasteiger partial charge in [0.25, 0.3) is 0 Å². The summed E-state index contributed by atoms with van der Waals surface area (Å²) >= 11 is 0. The van der Waals surface area contributed by atoms with Crippen molar-refractivity contribution in [2.45, 2.75) is 37.4 Å². The van der Waals surface area contributed by atoms with Gasteiger partial charge in [0, 0.05) is 0 Å². The Morgan fingerprint density at radius 1 is 1.22 bits per heavy atom. The van der Waals surface area contributed by atoms with Crippen LogP contribution in [0.3, 0.4) is 0 Å². The maximum atomic E-state index is 9.56. The van der Waals surface area contributed by atoms with Crippen LogP contribution in [-0.4, -0.2) is 21.9 Å². The van der Waals surface area contributed by atoms with Gasteiger partial charge in [-0.1, -0.05) is 0 Å². The van der Waals surface area contributed by atoms with Gasteiger partial charge in [-0.15, -0.1) is 0 Å². The van der Waals surface area contributed by atoms with Gasteiger partial charge in [0.05, 0.1) is 11.7 Å². The van der Waals surface area contributed by atoms with E-state index >= 15 is 0 Å². The monoisotopic (exact) mass is 128 g/mol. The van der Waals surface area contributed by atoms with Crippen LogP contribution in [-0.2, 0) is 0 Å². The van der Waals surface area contributed by atoms with E-state index in [-0.39, 0.29) is 0 Å². The molecule has 1 atom stereocenters. The summed E-state index contributed by atoms with van der Waals surface area (Å²) in [5, 5.41) is 18.9. The summed E-state index contributed by atoms with van der Waals surface area (Å²) in [5.74, 6) is 0.412. The van der Waals surface area contributed by atoms with Gasteiger partial charge < -0.3 is 10.2 Å². The fourth-order valence-electron chi connectivity index (χ4n) is 2.19. The number of hydrogen-bond acceptors (Lipinski definition) is 2. The Labute approximate surface area is 54.5 Å². The fraction of sp³-hybridized carbons (Fsp3) is 1.00. The summed E-state index contributed by atoms with van der Waals surface area (Å²) in [7, 11) is 0. The molecular formula is C7H12O2. The van der Waals surface area contributed by atoms with Gasteiger partial charge >= 0.3 is 0 Å². The minimum absolute atomic E-state index is 0.405. The minimum atomic E-state index is -0.676. The lowest BCUT2D eigenvalue weighted by atomic mass is 9.97. The topological polar surface area (TPSA) is 40.5 Å². The largest absolute Gasteiger partial charge is 0.390 e. The van der Waals surface area contributed by atoms with Crippen molar-refractivity contribution in [1.29, 1.82) is 0 Å². The lowest BCUT2D eigenvalue weighted by Gasteiger charge is -2.20. The molecule has 2 fully saturated rings. The van der Waals surface area contributed by atoms with Crippen LogP contribution in [0.1, 0.15) is 25.7 Å². The zero-order chi connectivity index (χ0) is 6.48. The highest BCUT2D eigenvalue weighted by Gasteiger charge is 2.51.